The van der Waals surface area contributed by atoms with Crippen molar-refractivity contribution in [3.8, 4) is 11.4 Å². The molecule has 4 nitrogen and oxygen atoms in total. The molecule has 2 N–H and O–H groups in total. The highest BCUT2D eigenvalue weighted by molar-refractivity contribution is 9.10. The van der Waals surface area contributed by atoms with Crippen molar-refractivity contribution < 1.29 is 4.52 Å². The van der Waals surface area contributed by atoms with Crippen LogP contribution >= 0.6 is 15.9 Å². The number of nitrogens with zero attached hydrogens (tertiary/aromatic N) is 2. The Bertz CT molecular complexity index is 549. The van der Waals surface area contributed by atoms with Gasteiger partial charge in [0, 0.05) is 16.5 Å². The van der Waals surface area contributed by atoms with Gasteiger partial charge in [0.2, 0.25) is 11.7 Å². The van der Waals surface area contributed by atoms with E-state index < -0.39 is 0 Å². The standard InChI is InChI=1S/C15H20BrN3O/c1-15(2,9-10-17)8-7-13-18-14(19-20-13)11-3-5-12(16)6-4-11/h3-6H,7-10,17H2,1-2H3. The maximum absolute atomic E-state index is 5.62. The zero-order chi connectivity index (χ0) is 14.6. The van der Waals surface area contributed by atoms with Crippen LogP contribution in [0.2, 0.25) is 0 Å². The van der Waals surface area contributed by atoms with Crippen LogP contribution in [0.4, 0.5) is 0 Å². The Morgan fingerprint density at radius 1 is 1.20 bits per heavy atom. The van der Waals surface area contributed by atoms with Crippen LogP contribution in [0, 0.1) is 5.41 Å². The van der Waals surface area contributed by atoms with E-state index in [-0.39, 0.29) is 5.41 Å². The lowest BCUT2D eigenvalue weighted by Gasteiger charge is -2.22. The number of benzene rings is 1. The van der Waals surface area contributed by atoms with E-state index in [9.17, 15) is 0 Å². The first-order chi connectivity index (χ1) is 9.50. The van der Waals surface area contributed by atoms with Gasteiger partial charge in [-0.25, -0.2) is 0 Å². The molecule has 1 heterocycles. The average molecular weight is 338 g/mol. The molecule has 0 amide bonds. The van der Waals surface area contributed by atoms with Gasteiger partial charge in [0.15, 0.2) is 0 Å². The Hall–Kier alpha value is -1.20. The Labute approximate surface area is 127 Å². The quantitative estimate of drug-likeness (QED) is 0.870. The van der Waals surface area contributed by atoms with Crippen LogP contribution in [-0.4, -0.2) is 16.7 Å². The largest absolute Gasteiger partial charge is 0.339 e. The lowest BCUT2D eigenvalue weighted by atomic mass is 9.84. The molecule has 0 unspecified atom stereocenters. The van der Waals surface area contributed by atoms with Crippen LogP contribution in [0.3, 0.4) is 0 Å². The molecule has 0 saturated carbocycles. The number of aromatic nitrogens is 2. The first-order valence-corrected chi connectivity index (χ1v) is 7.58. The fourth-order valence-electron chi connectivity index (χ4n) is 2.03. The SMILES string of the molecule is CC(C)(CCN)CCc1nc(-c2ccc(Br)cc2)no1. The van der Waals surface area contributed by atoms with Crippen molar-refractivity contribution in [2.45, 2.75) is 33.1 Å². The van der Waals surface area contributed by atoms with Crippen LogP contribution in [-0.2, 0) is 6.42 Å². The lowest BCUT2D eigenvalue weighted by Crippen LogP contribution is -2.17. The topological polar surface area (TPSA) is 64.9 Å². The van der Waals surface area contributed by atoms with E-state index in [0.717, 1.165) is 29.3 Å². The molecule has 0 aliphatic rings. The van der Waals surface area contributed by atoms with Crippen molar-refractivity contribution in [1.82, 2.24) is 10.1 Å². The molecular weight excluding hydrogens is 318 g/mol. The summed E-state index contributed by atoms with van der Waals surface area (Å²) in [7, 11) is 0. The summed E-state index contributed by atoms with van der Waals surface area (Å²) in [5.41, 5.74) is 6.79. The first kappa shape index (κ1) is 15.2. The highest BCUT2D eigenvalue weighted by Crippen LogP contribution is 2.26. The predicted octanol–water partition coefficient (Wildman–Crippen LogP) is 3.81. The van der Waals surface area contributed by atoms with Gasteiger partial charge in [0.1, 0.15) is 0 Å². The Morgan fingerprint density at radius 2 is 1.90 bits per heavy atom. The van der Waals surface area contributed by atoms with Crippen LogP contribution in [0.15, 0.2) is 33.3 Å². The maximum atomic E-state index is 5.62. The minimum Gasteiger partial charge on any atom is -0.339 e. The maximum Gasteiger partial charge on any atom is 0.226 e. The highest BCUT2D eigenvalue weighted by Gasteiger charge is 2.18. The summed E-state index contributed by atoms with van der Waals surface area (Å²) in [6, 6.07) is 7.87. The number of hydrogen-bond acceptors (Lipinski definition) is 4. The molecule has 2 aromatic rings. The molecule has 5 heteroatoms. The van der Waals surface area contributed by atoms with E-state index in [2.05, 4.69) is 39.9 Å². The molecule has 1 aromatic carbocycles. The summed E-state index contributed by atoms with van der Waals surface area (Å²) < 4.78 is 6.35. The molecule has 0 aliphatic heterocycles. The third-order valence-corrected chi connectivity index (χ3v) is 3.94. The second-order valence-corrected chi connectivity index (χ2v) is 6.64. The van der Waals surface area contributed by atoms with Gasteiger partial charge in [-0.05, 0) is 49.1 Å². The third kappa shape index (κ3) is 4.15. The van der Waals surface area contributed by atoms with Crippen LogP contribution in [0.1, 0.15) is 32.6 Å². The van der Waals surface area contributed by atoms with Gasteiger partial charge in [0.25, 0.3) is 0 Å². The van der Waals surface area contributed by atoms with Crippen molar-refractivity contribution in [2.24, 2.45) is 11.1 Å². The van der Waals surface area contributed by atoms with Gasteiger partial charge < -0.3 is 10.3 Å². The van der Waals surface area contributed by atoms with Crippen molar-refractivity contribution in [3.63, 3.8) is 0 Å². The van der Waals surface area contributed by atoms with Crippen molar-refractivity contribution in [1.29, 1.82) is 0 Å². The van der Waals surface area contributed by atoms with Crippen LogP contribution < -0.4 is 5.73 Å². The Kier molecular flexibility index (Phi) is 4.94. The predicted molar refractivity (Wildman–Crippen MR) is 83.2 cm³/mol. The smallest absolute Gasteiger partial charge is 0.226 e. The molecule has 0 aliphatic carbocycles. The highest BCUT2D eigenvalue weighted by atomic mass is 79.9. The fourth-order valence-corrected chi connectivity index (χ4v) is 2.30. The molecule has 1 aromatic heterocycles. The lowest BCUT2D eigenvalue weighted by molar-refractivity contribution is 0.289. The van der Waals surface area contributed by atoms with Gasteiger partial charge in [-0.2, -0.15) is 4.98 Å². The van der Waals surface area contributed by atoms with Gasteiger partial charge in [-0.1, -0.05) is 34.9 Å². The van der Waals surface area contributed by atoms with Crippen LogP contribution in [0.5, 0.6) is 0 Å². The molecule has 0 fully saturated rings. The molecule has 20 heavy (non-hydrogen) atoms. The zero-order valence-electron chi connectivity index (χ0n) is 11.9. The second kappa shape index (κ2) is 6.50. The molecule has 0 bridgehead atoms. The summed E-state index contributed by atoms with van der Waals surface area (Å²) in [6.45, 7) is 5.14. The first-order valence-electron chi connectivity index (χ1n) is 6.79. The summed E-state index contributed by atoms with van der Waals surface area (Å²) in [5, 5.41) is 4.04. The normalized spacial score (nSPS) is 11.8. The molecule has 0 radical (unpaired) electrons. The van der Waals surface area contributed by atoms with Crippen molar-refractivity contribution in [2.75, 3.05) is 6.54 Å². The minimum atomic E-state index is 0.209. The van der Waals surface area contributed by atoms with E-state index >= 15 is 0 Å². The average Bonchev–Trinajstić information content (AvgIpc) is 2.86. The Morgan fingerprint density at radius 3 is 2.55 bits per heavy atom. The number of nitrogens with two attached hydrogens (primary N) is 1. The van der Waals surface area contributed by atoms with Gasteiger partial charge >= 0.3 is 0 Å². The fraction of sp³-hybridized carbons (Fsp3) is 0.467. The number of rotatable bonds is 6. The summed E-state index contributed by atoms with van der Waals surface area (Å²) >= 11 is 3.41. The van der Waals surface area contributed by atoms with E-state index in [1.807, 2.05) is 24.3 Å². The van der Waals surface area contributed by atoms with Gasteiger partial charge in [0.05, 0.1) is 0 Å². The molecule has 0 spiro atoms. The van der Waals surface area contributed by atoms with Crippen molar-refractivity contribution in [3.05, 3.63) is 34.6 Å². The monoisotopic (exact) mass is 337 g/mol. The van der Waals surface area contributed by atoms with E-state index in [4.69, 9.17) is 10.3 Å². The van der Waals surface area contributed by atoms with Crippen LogP contribution in [0.25, 0.3) is 11.4 Å². The number of aryl methyl sites for hydroxylation is 1. The van der Waals surface area contributed by atoms with E-state index in [0.29, 0.717) is 18.3 Å². The van der Waals surface area contributed by atoms with Crippen molar-refractivity contribution >= 4 is 15.9 Å². The molecule has 2 rings (SSSR count). The number of halogens is 1. The van der Waals surface area contributed by atoms with E-state index in [1.165, 1.54) is 0 Å². The molecule has 108 valence electrons. The number of hydrogen-bond donors (Lipinski definition) is 1. The second-order valence-electron chi connectivity index (χ2n) is 5.72. The van der Waals surface area contributed by atoms with Gasteiger partial charge in [-0.15, -0.1) is 0 Å². The Balaban J connectivity index is 2.00. The summed E-state index contributed by atoms with van der Waals surface area (Å²) in [4.78, 5) is 4.45. The molecule has 0 saturated heterocycles. The molecule has 0 atom stereocenters. The summed E-state index contributed by atoms with van der Waals surface area (Å²) in [6.07, 6.45) is 2.78. The minimum absolute atomic E-state index is 0.209. The third-order valence-electron chi connectivity index (χ3n) is 3.41. The van der Waals surface area contributed by atoms with E-state index in [1.54, 1.807) is 0 Å². The van der Waals surface area contributed by atoms with Gasteiger partial charge in [-0.3, -0.25) is 0 Å². The molecular formula is C15H20BrN3O. The zero-order valence-corrected chi connectivity index (χ0v) is 13.5. The summed E-state index contributed by atoms with van der Waals surface area (Å²) in [5.74, 6) is 1.33.